The summed E-state index contributed by atoms with van der Waals surface area (Å²) in [5, 5.41) is 6.90. The Balaban J connectivity index is 2.45. The number of ether oxygens (including phenoxy) is 1. The van der Waals surface area contributed by atoms with Crippen LogP contribution in [0.5, 0.6) is 5.75 Å². The maximum absolute atomic E-state index is 13.9. The molecule has 0 amide bonds. The van der Waals surface area contributed by atoms with Crippen LogP contribution in [0, 0.1) is 10.6 Å². The van der Waals surface area contributed by atoms with Gasteiger partial charge >= 0.3 is 0 Å². The van der Waals surface area contributed by atoms with Crippen molar-refractivity contribution in [2.75, 3.05) is 6.61 Å². The van der Waals surface area contributed by atoms with Crippen molar-refractivity contribution in [1.82, 2.24) is 14.8 Å². The first-order valence-electron chi connectivity index (χ1n) is 6.26. The van der Waals surface area contributed by atoms with Gasteiger partial charge in [-0.25, -0.2) is 4.39 Å². The molecule has 0 saturated carbocycles. The maximum atomic E-state index is 13.9. The van der Waals surface area contributed by atoms with Crippen LogP contribution in [-0.4, -0.2) is 21.4 Å². The molecule has 0 saturated heterocycles. The summed E-state index contributed by atoms with van der Waals surface area (Å²) in [6.45, 7) is 4.31. The Hall–Kier alpha value is -1.69. The number of halogens is 1. The number of aryl methyl sites for hydroxylation is 1. The summed E-state index contributed by atoms with van der Waals surface area (Å²) in [7, 11) is 0. The summed E-state index contributed by atoms with van der Waals surface area (Å²) in [5.74, 6) is 0.652. The van der Waals surface area contributed by atoms with E-state index < -0.39 is 5.82 Å². The Labute approximate surface area is 116 Å². The van der Waals surface area contributed by atoms with E-state index >= 15 is 0 Å². The van der Waals surface area contributed by atoms with Crippen LogP contribution in [0.25, 0.3) is 5.69 Å². The molecule has 1 N–H and O–H groups in total. The minimum atomic E-state index is -0.398. The molecule has 102 valence electrons. The van der Waals surface area contributed by atoms with Gasteiger partial charge in [-0.2, -0.15) is 5.10 Å². The number of hydrogen-bond donors (Lipinski definition) is 1. The average molecular weight is 281 g/mol. The number of aromatic amines is 1. The van der Waals surface area contributed by atoms with Crippen LogP contribution in [-0.2, 0) is 6.42 Å². The lowest BCUT2D eigenvalue weighted by Crippen LogP contribution is -2.03. The minimum absolute atomic E-state index is 0.248. The van der Waals surface area contributed by atoms with E-state index in [0.29, 0.717) is 17.1 Å². The third-order valence-electron chi connectivity index (χ3n) is 2.69. The Morgan fingerprint density at radius 1 is 1.42 bits per heavy atom. The van der Waals surface area contributed by atoms with Gasteiger partial charge in [0.1, 0.15) is 5.82 Å². The molecular weight excluding hydrogens is 265 g/mol. The molecule has 19 heavy (non-hydrogen) atoms. The zero-order valence-electron chi connectivity index (χ0n) is 10.9. The fourth-order valence-electron chi connectivity index (χ4n) is 1.89. The molecule has 0 aliphatic carbocycles. The summed E-state index contributed by atoms with van der Waals surface area (Å²) < 4.78 is 21.3. The topological polar surface area (TPSA) is 42.8 Å². The molecule has 0 bridgehead atoms. The number of aromatic nitrogens is 3. The van der Waals surface area contributed by atoms with Gasteiger partial charge in [0.05, 0.1) is 12.3 Å². The van der Waals surface area contributed by atoms with Gasteiger partial charge in [-0.1, -0.05) is 6.92 Å². The first-order valence-corrected chi connectivity index (χ1v) is 6.67. The van der Waals surface area contributed by atoms with Crippen LogP contribution in [0.15, 0.2) is 18.2 Å². The van der Waals surface area contributed by atoms with Crippen LogP contribution in [0.1, 0.15) is 26.1 Å². The summed E-state index contributed by atoms with van der Waals surface area (Å²) in [6.07, 6.45) is 1.72. The quantitative estimate of drug-likeness (QED) is 0.854. The first kappa shape index (κ1) is 13.7. The van der Waals surface area contributed by atoms with Gasteiger partial charge in [0.2, 0.25) is 0 Å². The van der Waals surface area contributed by atoms with E-state index in [0.717, 1.165) is 18.7 Å². The van der Waals surface area contributed by atoms with Gasteiger partial charge in [0.25, 0.3) is 0 Å². The fourth-order valence-corrected chi connectivity index (χ4v) is 2.14. The molecule has 1 aromatic carbocycles. The lowest BCUT2D eigenvalue weighted by molar-refractivity contribution is 0.321. The molecule has 0 unspecified atom stereocenters. The van der Waals surface area contributed by atoms with Crippen LogP contribution >= 0.6 is 12.2 Å². The normalized spacial score (nSPS) is 10.7. The summed E-state index contributed by atoms with van der Waals surface area (Å²) >= 11 is 5.19. The Morgan fingerprint density at radius 2 is 2.21 bits per heavy atom. The van der Waals surface area contributed by atoms with E-state index in [1.807, 2.05) is 6.92 Å². The maximum Gasteiger partial charge on any atom is 0.199 e. The number of nitrogens with zero attached hydrogens (tertiary/aromatic N) is 2. The molecule has 0 aliphatic rings. The highest BCUT2D eigenvalue weighted by molar-refractivity contribution is 7.71. The van der Waals surface area contributed by atoms with Crippen LogP contribution in [0.2, 0.25) is 0 Å². The third-order valence-corrected chi connectivity index (χ3v) is 2.96. The van der Waals surface area contributed by atoms with E-state index in [1.165, 1.54) is 6.07 Å². The van der Waals surface area contributed by atoms with E-state index in [2.05, 4.69) is 17.1 Å². The average Bonchev–Trinajstić information content (AvgIpc) is 2.74. The Morgan fingerprint density at radius 3 is 2.84 bits per heavy atom. The predicted molar refractivity (Wildman–Crippen MR) is 73.9 cm³/mol. The molecule has 0 spiro atoms. The van der Waals surface area contributed by atoms with Gasteiger partial charge < -0.3 is 4.74 Å². The third kappa shape index (κ3) is 2.84. The van der Waals surface area contributed by atoms with Gasteiger partial charge in [-0.3, -0.25) is 9.67 Å². The highest BCUT2D eigenvalue weighted by Crippen LogP contribution is 2.21. The molecule has 0 aliphatic heterocycles. The standard InChI is InChI=1S/C13H16FN3OS/c1-3-5-12-15-16-13(19)17(12)9-6-7-11(18-4-2)10(14)8-9/h6-8H,3-5H2,1-2H3,(H,16,19). The fraction of sp³-hybridized carbons (Fsp3) is 0.385. The van der Waals surface area contributed by atoms with Gasteiger partial charge in [0.15, 0.2) is 16.3 Å². The number of nitrogens with one attached hydrogen (secondary N) is 1. The van der Waals surface area contributed by atoms with E-state index in [9.17, 15) is 4.39 Å². The zero-order valence-corrected chi connectivity index (χ0v) is 11.8. The van der Waals surface area contributed by atoms with Crippen molar-refractivity contribution in [3.63, 3.8) is 0 Å². The van der Waals surface area contributed by atoms with Crippen molar-refractivity contribution in [3.8, 4) is 11.4 Å². The molecule has 1 aromatic heterocycles. The van der Waals surface area contributed by atoms with E-state index in [4.69, 9.17) is 17.0 Å². The van der Waals surface area contributed by atoms with Crippen molar-refractivity contribution in [2.45, 2.75) is 26.7 Å². The smallest absolute Gasteiger partial charge is 0.199 e. The second-order valence-electron chi connectivity index (χ2n) is 4.08. The van der Waals surface area contributed by atoms with Crippen molar-refractivity contribution < 1.29 is 9.13 Å². The molecule has 1 heterocycles. The number of H-pyrrole nitrogens is 1. The second-order valence-corrected chi connectivity index (χ2v) is 4.46. The highest BCUT2D eigenvalue weighted by Gasteiger charge is 2.10. The molecule has 4 nitrogen and oxygen atoms in total. The lowest BCUT2D eigenvalue weighted by Gasteiger charge is -2.09. The van der Waals surface area contributed by atoms with Gasteiger partial charge in [-0.05, 0) is 37.7 Å². The van der Waals surface area contributed by atoms with Crippen molar-refractivity contribution in [2.24, 2.45) is 0 Å². The van der Waals surface area contributed by atoms with E-state index in [-0.39, 0.29) is 5.75 Å². The first-order chi connectivity index (χ1) is 9.17. The summed E-state index contributed by atoms with van der Waals surface area (Å²) in [4.78, 5) is 0. The van der Waals surface area contributed by atoms with Crippen LogP contribution in [0.4, 0.5) is 4.39 Å². The van der Waals surface area contributed by atoms with Gasteiger partial charge in [0, 0.05) is 12.5 Å². The molecular formula is C13H16FN3OS. The van der Waals surface area contributed by atoms with Crippen LogP contribution in [0.3, 0.4) is 0 Å². The van der Waals surface area contributed by atoms with E-state index in [1.54, 1.807) is 16.7 Å². The minimum Gasteiger partial charge on any atom is -0.491 e. The molecule has 2 aromatic rings. The zero-order chi connectivity index (χ0) is 13.8. The number of benzene rings is 1. The summed E-state index contributed by atoms with van der Waals surface area (Å²) in [5.41, 5.74) is 0.656. The van der Waals surface area contributed by atoms with Crippen molar-refractivity contribution in [1.29, 1.82) is 0 Å². The largest absolute Gasteiger partial charge is 0.491 e. The number of rotatable bonds is 5. The Kier molecular flexibility index (Phi) is 4.31. The predicted octanol–water partition coefficient (Wildman–Crippen LogP) is 3.42. The summed E-state index contributed by atoms with van der Waals surface area (Å²) in [6, 6.07) is 4.80. The molecule has 0 radical (unpaired) electrons. The van der Waals surface area contributed by atoms with Crippen molar-refractivity contribution in [3.05, 3.63) is 34.6 Å². The molecule has 0 atom stereocenters. The van der Waals surface area contributed by atoms with Crippen molar-refractivity contribution >= 4 is 12.2 Å². The molecule has 6 heteroatoms. The molecule has 0 fully saturated rings. The number of hydrogen-bond acceptors (Lipinski definition) is 3. The molecule has 2 rings (SSSR count). The monoisotopic (exact) mass is 281 g/mol. The van der Waals surface area contributed by atoms with Crippen LogP contribution < -0.4 is 4.74 Å². The lowest BCUT2D eigenvalue weighted by atomic mass is 10.2. The highest BCUT2D eigenvalue weighted by atomic mass is 32.1. The Bertz CT molecular complexity index is 621. The SMILES string of the molecule is CCCc1n[nH]c(=S)n1-c1ccc(OCC)c(F)c1. The second kappa shape index (κ2) is 5.97. The van der Waals surface area contributed by atoms with Gasteiger partial charge in [-0.15, -0.1) is 0 Å².